The van der Waals surface area contributed by atoms with Crippen LogP contribution in [0.2, 0.25) is 0 Å². The van der Waals surface area contributed by atoms with Gasteiger partial charge >= 0.3 is 0 Å². The van der Waals surface area contributed by atoms with Gasteiger partial charge < -0.3 is 5.32 Å². The number of amides is 1. The van der Waals surface area contributed by atoms with Gasteiger partial charge in [0.15, 0.2) is 0 Å². The van der Waals surface area contributed by atoms with Crippen LogP contribution in [0.4, 0.5) is 0 Å². The lowest BCUT2D eigenvalue weighted by atomic mass is 10.1. The third-order valence-corrected chi connectivity index (χ3v) is 4.50. The van der Waals surface area contributed by atoms with E-state index in [1.54, 1.807) is 0 Å². The Kier molecular flexibility index (Phi) is 6.80. The van der Waals surface area contributed by atoms with E-state index < -0.39 is 10.2 Å². The van der Waals surface area contributed by atoms with E-state index in [0.717, 1.165) is 9.87 Å². The first-order valence-corrected chi connectivity index (χ1v) is 8.24. The van der Waals surface area contributed by atoms with Crippen molar-refractivity contribution in [2.75, 3.05) is 27.2 Å². The molecule has 1 aromatic carbocycles. The van der Waals surface area contributed by atoms with Crippen LogP contribution in [0, 0.1) is 6.92 Å². The summed E-state index contributed by atoms with van der Waals surface area (Å²) >= 11 is 0. The molecule has 7 heteroatoms. The molecule has 118 valence electrons. The van der Waals surface area contributed by atoms with Gasteiger partial charge in [-0.25, -0.2) is 4.72 Å². The molecule has 0 saturated heterocycles. The molecule has 0 saturated carbocycles. The van der Waals surface area contributed by atoms with Crippen LogP contribution in [-0.4, -0.2) is 45.8 Å². The molecule has 0 unspecified atom stereocenters. The highest BCUT2D eigenvalue weighted by Gasteiger charge is 2.11. The normalized spacial score (nSPS) is 11.6. The number of nitrogens with zero attached hydrogens (tertiary/aromatic N) is 1. The molecule has 2 N–H and O–H groups in total. The molecule has 0 aliphatic heterocycles. The molecule has 0 bridgehead atoms. The van der Waals surface area contributed by atoms with Gasteiger partial charge in [0.05, 0.1) is 0 Å². The average molecular weight is 313 g/mol. The summed E-state index contributed by atoms with van der Waals surface area (Å²) in [4.78, 5) is 11.6. The summed E-state index contributed by atoms with van der Waals surface area (Å²) in [7, 11) is -0.530. The second-order valence-corrected chi connectivity index (χ2v) is 6.99. The zero-order valence-electron chi connectivity index (χ0n) is 12.7. The van der Waals surface area contributed by atoms with Crippen LogP contribution in [0.5, 0.6) is 0 Å². The van der Waals surface area contributed by atoms with Crippen molar-refractivity contribution in [2.45, 2.75) is 19.8 Å². The van der Waals surface area contributed by atoms with Crippen molar-refractivity contribution in [1.29, 1.82) is 0 Å². The number of benzene rings is 1. The quantitative estimate of drug-likeness (QED) is 0.684. The predicted octanol–water partition coefficient (Wildman–Crippen LogP) is 0.440. The fourth-order valence-electron chi connectivity index (χ4n) is 1.61. The SMILES string of the molecule is Cc1ccc(CCC(=O)NCCNS(=O)(=O)N(C)C)cc1. The number of nitrogens with one attached hydrogen (secondary N) is 2. The first-order chi connectivity index (χ1) is 9.81. The van der Waals surface area contributed by atoms with Gasteiger partial charge in [-0.2, -0.15) is 12.7 Å². The van der Waals surface area contributed by atoms with Gasteiger partial charge in [-0.3, -0.25) is 4.79 Å². The average Bonchev–Trinajstić information content (AvgIpc) is 2.43. The molecule has 6 nitrogen and oxygen atoms in total. The molecule has 1 amide bonds. The number of aryl methyl sites for hydroxylation is 2. The van der Waals surface area contributed by atoms with Crippen LogP contribution in [0.1, 0.15) is 17.5 Å². The van der Waals surface area contributed by atoms with Crippen LogP contribution < -0.4 is 10.0 Å². The second-order valence-electron chi connectivity index (χ2n) is 5.02. The second kappa shape index (κ2) is 8.11. The Hall–Kier alpha value is -1.44. The fraction of sp³-hybridized carbons (Fsp3) is 0.500. The Balaban J connectivity index is 2.21. The van der Waals surface area contributed by atoms with Gasteiger partial charge in [-0.15, -0.1) is 0 Å². The minimum atomic E-state index is -3.42. The lowest BCUT2D eigenvalue weighted by Gasteiger charge is -2.12. The molecule has 0 radical (unpaired) electrons. The largest absolute Gasteiger partial charge is 0.355 e. The third kappa shape index (κ3) is 6.70. The highest BCUT2D eigenvalue weighted by Crippen LogP contribution is 2.05. The predicted molar refractivity (Wildman–Crippen MR) is 83.1 cm³/mol. The fourth-order valence-corrected chi connectivity index (χ4v) is 2.23. The molecule has 0 aliphatic rings. The first-order valence-electron chi connectivity index (χ1n) is 6.80. The highest BCUT2D eigenvalue weighted by atomic mass is 32.2. The lowest BCUT2D eigenvalue weighted by Crippen LogP contribution is -2.40. The standard InChI is InChI=1S/C14H23N3O3S/c1-12-4-6-13(7-5-12)8-9-14(18)15-10-11-16-21(19,20)17(2)3/h4-7,16H,8-11H2,1-3H3,(H,15,18). The maximum Gasteiger partial charge on any atom is 0.278 e. The molecule has 0 aromatic heterocycles. The van der Waals surface area contributed by atoms with E-state index in [-0.39, 0.29) is 19.0 Å². The number of carbonyl (C=O) groups is 1. The zero-order valence-corrected chi connectivity index (χ0v) is 13.5. The monoisotopic (exact) mass is 313 g/mol. The van der Waals surface area contributed by atoms with Crippen LogP contribution in [0.25, 0.3) is 0 Å². The maximum atomic E-state index is 11.6. The minimum Gasteiger partial charge on any atom is -0.355 e. The molecular formula is C14H23N3O3S. The van der Waals surface area contributed by atoms with Crippen molar-refractivity contribution in [3.63, 3.8) is 0 Å². The van der Waals surface area contributed by atoms with Crippen LogP contribution in [0.15, 0.2) is 24.3 Å². The van der Waals surface area contributed by atoms with Gasteiger partial charge in [-0.1, -0.05) is 29.8 Å². The Morgan fingerprint density at radius 1 is 1.14 bits per heavy atom. The number of hydrogen-bond donors (Lipinski definition) is 2. The summed E-state index contributed by atoms with van der Waals surface area (Å²) in [5.41, 5.74) is 2.31. The highest BCUT2D eigenvalue weighted by molar-refractivity contribution is 7.87. The van der Waals surface area contributed by atoms with Gasteiger partial charge in [-0.05, 0) is 18.9 Å². The number of hydrogen-bond acceptors (Lipinski definition) is 3. The van der Waals surface area contributed by atoms with E-state index in [1.807, 2.05) is 31.2 Å². The topological polar surface area (TPSA) is 78.5 Å². The van der Waals surface area contributed by atoms with Gasteiger partial charge in [0, 0.05) is 33.6 Å². The zero-order chi connectivity index (χ0) is 15.9. The Morgan fingerprint density at radius 2 is 1.76 bits per heavy atom. The summed E-state index contributed by atoms with van der Waals surface area (Å²) in [6.45, 7) is 2.47. The van der Waals surface area contributed by atoms with E-state index >= 15 is 0 Å². The molecule has 1 aromatic rings. The molecular weight excluding hydrogens is 290 g/mol. The molecule has 0 heterocycles. The van der Waals surface area contributed by atoms with Crippen molar-refractivity contribution in [3.8, 4) is 0 Å². The minimum absolute atomic E-state index is 0.0837. The Labute approximate surface area is 126 Å². The van der Waals surface area contributed by atoms with Gasteiger partial charge in [0.25, 0.3) is 10.2 Å². The van der Waals surface area contributed by atoms with Gasteiger partial charge in [0.2, 0.25) is 5.91 Å². The third-order valence-electron chi connectivity index (χ3n) is 2.97. The summed E-state index contributed by atoms with van der Waals surface area (Å²) < 4.78 is 26.3. The number of carbonyl (C=O) groups excluding carboxylic acids is 1. The van der Waals surface area contributed by atoms with Gasteiger partial charge in [0.1, 0.15) is 0 Å². The summed E-state index contributed by atoms with van der Waals surface area (Å²) in [6, 6.07) is 8.05. The molecule has 1 rings (SSSR count). The van der Waals surface area contributed by atoms with Crippen molar-refractivity contribution >= 4 is 16.1 Å². The summed E-state index contributed by atoms with van der Waals surface area (Å²) in [6.07, 6.45) is 1.07. The molecule has 0 atom stereocenters. The maximum absolute atomic E-state index is 11.6. The van der Waals surface area contributed by atoms with Crippen molar-refractivity contribution in [3.05, 3.63) is 35.4 Å². The summed E-state index contributed by atoms with van der Waals surface area (Å²) in [5, 5.41) is 2.69. The molecule has 0 fully saturated rings. The van der Waals surface area contributed by atoms with Crippen molar-refractivity contribution in [2.24, 2.45) is 0 Å². The van der Waals surface area contributed by atoms with Crippen molar-refractivity contribution in [1.82, 2.24) is 14.3 Å². The Morgan fingerprint density at radius 3 is 2.33 bits per heavy atom. The number of rotatable bonds is 8. The van der Waals surface area contributed by atoms with Crippen LogP contribution in [-0.2, 0) is 21.4 Å². The summed E-state index contributed by atoms with van der Waals surface area (Å²) in [5.74, 6) is -0.0837. The molecule has 21 heavy (non-hydrogen) atoms. The van der Waals surface area contributed by atoms with E-state index in [0.29, 0.717) is 12.8 Å². The first kappa shape index (κ1) is 17.6. The molecule has 0 aliphatic carbocycles. The Bertz CT molecular complexity index is 553. The van der Waals surface area contributed by atoms with Crippen LogP contribution in [0.3, 0.4) is 0 Å². The van der Waals surface area contributed by atoms with E-state index in [9.17, 15) is 13.2 Å². The molecule has 0 spiro atoms. The smallest absolute Gasteiger partial charge is 0.278 e. The van der Waals surface area contributed by atoms with Crippen molar-refractivity contribution < 1.29 is 13.2 Å². The van der Waals surface area contributed by atoms with E-state index in [4.69, 9.17) is 0 Å². The lowest BCUT2D eigenvalue weighted by molar-refractivity contribution is -0.121. The van der Waals surface area contributed by atoms with Crippen LogP contribution >= 0.6 is 0 Å². The van der Waals surface area contributed by atoms with E-state index in [2.05, 4.69) is 10.0 Å². The van der Waals surface area contributed by atoms with E-state index in [1.165, 1.54) is 19.7 Å².